The highest BCUT2D eigenvalue weighted by molar-refractivity contribution is 6.06. The van der Waals surface area contributed by atoms with Crippen LogP contribution in [0.15, 0.2) is 24.3 Å². The first-order chi connectivity index (χ1) is 6.70. The molecule has 4 nitrogen and oxygen atoms in total. The summed E-state index contributed by atoms with van der Waals surface area (Å²) in [6.45, 7) is 0.533. The number of fused-ring (bicyclic) bond motifs is 1. The fourth-order valence-corrected chi connectivity index (χ4v) is 1.46. The van der Waals surface area contributed by atoms with Gasteiger partial charge in [-0.25, -0.2) is 0 Å². The van der Waals surface area contributed by atoms with E-state index in [1.54, 1.807) is 13.1 Å². The van der Waals surface area contributed by atoms with Gasteiger partial charge in [0.1, 0.15) is 0 Å². The van der Waals surface area contributed by atoms with Crippen molar-refractivity contribution < 1.29 is 4.79 Å². The molecular weight excluding hydrogens is 178 g/mol. The number of hydrogen-bond acceptors (Lipinski definition) is 2. The summed E-state index contributed by atoms with van der Waals surface area (Å²) in [5, 5.41) is 10.4. The predicted molar refractivity (Wildman–Crippen MR) is 53.1 cm³/mol. The van der Waals surface area contributed by atoms with Crippen molar-refractivity contribution in [3.8, 4) is 0 Å². The molecular formula is C10H11N3O. The number of benzene rings is 1. The van der Waals surface area contributed by atoms with Crippen LogP contribution in [0.1, 0.15) is 15.9 Å². The van der Waals surface area contributed by atoms with Gasteiger partial charge in [0.25, 0.3) is 5.91 Å². The van der Waals surface area contributed by atoms with Gasteiger partial charge in [-0.2, -0.15) is 0 Å². The van der Waals surface area contributed by atoms with Crippen LogP contribution in [-0.4, -0.2) is 23.8 Å². The maximum atomic E-state index is 11.8. The lowest BCUT2D eigenvalue weighted by Gasteiger charge is -2.14. The maximum Gasteiger partial charge on any atom is 0.260 e. The highest BCUT2D eigenvalue weighted by Crippen LogP contribution is 2.13. The number of nitrogens with zero attached hydrogens (tertiary/aromatic N) is 1. The van der Waals surface area contributed by atoms with E-state index in [1.807, 2.05) is 18.2 Å². The zero-order valence-electron chi connectivity index (χ0n) is 7.87. The van der Waals surface area contributed by atoms with Crippen molar-refractivity contribution in [3.63, 3.8) is 0 Å². The maximum absolute atomic E-state index is 11.8. The Bertz CT molecular complexity index is 400. The summed E-state index contributed by atoms with van der Waals surface area (Å²) in [5.41, 5.74) is 1.61. The van der Waals surface area contributed by atoms with Crippen molar-refractivity contribution in [2.75, 3.05) is 7.05 Å². The van der Waals surface area contributed by atoms with Gasteiger partial charge in [0.2, 0.25) is 0 Å². The highest BCUT2D eigenvalue weighted by Gasteiger charge is 2.21. The fourth-order valence-electron chi connectivity index (χ4n) is 1.46. The average molecular weight is 189 g/mol. The van der Waals surface area contributed by atoms with Crippen molar-refractivity contribution in [1.82, 2.24) is 10.2 Å². The minimum atomic E-state index is -0.129. The van der Waals surface area contributed by atoms with E-state index < -0.39 is 0 Å². The first-order valence-electron chi connectivity index (χ1n) is 4.38. The number of carbonyl (C=O) groups is 1. The summed E-state index contributed by atoms with van der Waals surface area (Å²) >= 11 is 0. The second-order valence-electron chi connectivity index (χ2n) is 3.22. The van der Waals surface area contributed by atoms with E-state index >= 15 is 0 Å². The Morgan fingerprint density at radius 3 is 2.93 bits per heavy atom. The van der Waals surface area contributed by atoms with Gasteiger partial charge in [0.15, 0.2) is 5.96 Å². The molecule has 0 radical (unpaired) electrons. The monoisotopic (exact) mass is 189 g/mol. The molecule has 0 bridgehead atoms. The van der Waals surface area contributed by atoms with Crippen LogP contribution in [0.2, 0.25) is 0 Å². The zero-order chi connectivity index (χ0) is 10.1. The summed E-state index contributed by atoms with van der Waals surface area (Å²) in [7, 11) is 1.60. The molecule has 0 spiro atoms. The summed E-state index contributed by atoms with van der Waals surface area (Å²) in [4.78, 5) is 13.1. The summed E-state index contributed by atoms with van der Waals surface area (Å²) < 4.78 is 0. The molecule has 2 rings (SSSR count). The summed E-state index contributed by atoms with van der Waals surface area (Å²) in [6, 6.07) is 7.41. The van der Waals surface area contributed by atoms with Gasteiger partial charge in [-0.3, -0.25) is 15.1 Å². The third-order valence-corrected chi connectivity index (χ3v) is 2.33. The standard InChI is InChI=1S/C10H11N3O/c1-13-9(14)8-5-3-2-4-7(8)6-12-10(13)11/h2-5H,6H2,1H3,(H2,11,12). The Hall–Kier alpha value is -1.84. The van der Waals surface area contributed by atoms with E-state index in [-0.39, 0.29) is 11.9 Å². The SMILES string of the molecule is CN1C(=N)NCc2ccccc2C1=O. The van der Waals surface area contributed by atoms with Crippen molar-refractivity contribution in [1.29, 1.82) is 5.41 Å². The Labute approximate surface area is 82.0 Å². The number of hydrogen-bond donors (Lipinski definition) is 2. The van der Waals surface area contributed by atoms with Gasteiger partial charge < -0.3 is 5.32 Å². The second-order valence-corrected chi connectivity index (χ2v) is 3.22. The minimum Gasteiger partial charge on any atom is -0.352 e. The molecule has 0 saturated heterocycles. The lowest BCUT2D eigenvalue weighted by atomic mass is 10.1. The summed E-state index contributed by atoms with van der Waals surface area (Å²) in [6.07, 6.45) is 0. The second kappa shape index (κ2) is 3.14. The van der Waals surface area contributed by atoms with Gasteiger partial charge in [0.05, 0.1) is 0 Å². The normalized spacial score (nSPS) is 15.9. The van der Waals surface area contributed by atoms with Crippen LogP contribution in [0.5, 0.6) is 0 Å². The average Bonchev–Trinajstić information content (AvgIpc) is 2.32. The van der Waals surface area contributed by atoms with Gasteiger partial charge in [0, 0.05) is 19.2 Å². The molecule has 1 heterocycles. The van der Waals surface area contributed by atoms with Crippen LogP contribution in [0.3, 0.4) is 0 Å². The number of carbonyl (C=O) groups excluding carboxylic acids is 1. The number of amides is 1. The van der Waals surface area contributed by atoms with Crippen LogP contribution < -0.4 is 5.32 Å². The minimum absolute atomic E-state index is 0.129. The number of nitrogens with one attached hydrogen (secondary N) is 2. The van der Waals surface area contributed by atoms with Crippen molar-refractivity contribution >= 4 is 11.9 Å². The zero-order valence-corrected chi connectivity index (χ0v) is 7.87. The van der Waals surface area contributed by atoms with Gasteiger partial charge in [-0.15, -0.1) is 0 Å². The van der Waals surface area contributed by atoms with Crippen LogP contribution in [0.4, 0.5) is 0 Å². The molecule has 4 heteroatoms. The van der Waals surface area contributed by atoms with Gasteiger partial charge in [-0.1, -0.05) is 18.2 Å². The molecule has 0 aliphatic carbocycles. The molecule has 0 saturated carbocycles. The molecule has 0 aromatic heterocycles. The van der Waals surface area contributed by atoms with Crippen LogP contribution in [-0.2, 0) is 6.54 Å². The third kappa shape index (κ3) is 1.25. The third-order valence-electron chi connectivity index (χ3n) is 2.33. The summed E-state index contributed by atoms with van der Waals surface area (Å²) in [5.74, 6) is 0.0156. The lowest BCUT2D eigenvalue weighted by molar-refractivity contribution is 0.0869. The first kappa shape index (κ1) is 8.74. The molecule has 0 atom stereocenters. The molecule has 1 amide bonds. The Morgan fingerprint density at radius 2 is 2.14 bits per heavy atom. The Kier molecular flexibility index (Phi) is 1.96. The van der Waals surface area contributed by atoms with E-state index in [1.165, 1.54) is 4.90 Å². The smallest absolute Gasteiger partial charge is 0.260 e. The molecule has 14 heavy (non-hydrogen) atoms. The van der Waals surface area contributed by atoms with Crippen LogP contribution >= 0.6 is 0 Å². The van der Waals surface area contributed by atoms with E-state index in [0.29, 0.717) is 12.1 Å². The first-order valence-corrected chi connectivity index (χ1v) is 4.38. The molecule has 1 aromatic carbocycles. The van der Waals surface area contributed by atoms with Crippen LogP contribution in [0, 0.1) is 5.41 Å². The Balaban J connectivity index is 2.50. The molecule has 72 valence electrons. The molecule has 2 N–H and O–H groups in total. The largest absolute Gasteiger partial charge is 0.352 e. The van der Waals surface area contributed by atoms with Crippen molar-refractivity contribution in [3.05, 3.63) is 35.4 Å². The number of guanidine groups is 1. The van der Waals surface area contributed by atoms with Crippen LogP contribution in [0.25, 0.3) is 0 Å². The molecule has 1 aromatic rings. The highest BCUT2D eigenvalue weighted by atomic mass is 16.2. The van der Waals surface area contributed by atoms with E-state index in [9.17, 15) is 4.79 Å². The quantitative estimate of drug-likeness (QED) is 0.634. The number of rotatable bonds is 0. The predicted octanol–water partition coefficient (Wildman–Crippen LogP) is 0.797. The van der Waals surface area contributed by atoms with Gasteiger partial charge in [-0.05, 0) is 11.6 Å². The van der Waals surface area contributed by atoms with E-state index in [4.69, 9.17) is 5.41 Å². The van der Waals surface area contributed by atoms with E-state index in [2.05, 4.69) is 5.32 Å². The van der Waals surface area contributed by atoms with E-state index in [0.717, 1.165) is 5.56 Å². The van der Waals surface area contributed by atoms with Crippen molar-refractivity contribution in [2.24, 2.45) is 0 Å². The van der Waals surface area contributed by atoms with Crippen molar-refractivity contribution in [2.45, 2.75) is 6.54 Å². The molecule has 0 fully saturated rings. The topological polar surface area (TPSA) is 56.2 Å². The van der Waals surface area contributed by atoms with Gasteiger partial charge >= 0.3 is 0 Å². The molecule has 0 unspecified atom stereocenters. The fraction of sp³-hybridized carbons (Fsp3) is 0.200. The lowest BCUT2D eigenvalue weighted by Crippen LogP contribution is -2.38. The molecule has 1 aliphatic heterocycles. The molecule has 1 aliphatic rings. The Morgan fingerprint density at radius 1 is 1.43 bits per heavy atom.